The summed E-state index contributed by atoms with van der Waals surface area (Å²) in [5, 5.41) is 17.9. The minimum Gasteiger partial charge on any atom is -0.387 e. The van der Waals surface area contributed by atoms with Gasteiger partial charge in [0.2, 0.25) is 0 Å². The SMILES string of the molecule is CCC(O)c1cn(C2CCCCCC2)nn1. The van der Waals surface area contributed by atoms with Crippen LogP contribution in [-0.2, 0) is 0 Å². The van der Waals surface area contributed by atoms with Gasteiger partial charge in [0.05, 0.1) is 18.3 Å². The van der Waals surface area contributed by atoms with Gasteiger partial charge >= 0.3 is 0 Å². The van der Waals surface area contributed by atoms with E-state index in [1.54, 1.807) is 0 Å². The quantitative estimate of drug-likeness (QED) is 0.801. The smallest absolute Gasteiger partial charge is 0.111 e. The normalized spacial score (nSPS) is 20.6. The summed E-state index contributed by atoms with van der Waals surface area (Å²) < 4.78 is 1.96. The summed E-state index contributed by atoms with van der Waals surface area (Å²) in [4.78, 5) is 0. The van der Waals surface area contributed by atoms with Crippen LogP contribution in [0, 0.1) is 0 Å². The van der Waals surface area contributed by atoms with Gasteiger partial charge in [-0.25, -0.2) is 4.68 Å². The molecule has 1 saturated carbocycles. The molecule has 0 aromatic carbocycles. The van der Waals surface area contributed by atoms with Crippen LogP contribution in [0.15, 0.2) is 6.20 Å². The van der Waals surface area contributed by atoms with Gasteiger partial charge in [-0.15, -0.1) is 5.10 Å². The summed E-state index contributed by atoms with van der Waals surface area (Å²) in [6.07, 6.45) is 9.82. The maximum Gasteiger partial charge on any atom is 0.111 e. The molecule has 0 bridgehead atoms. The average molecular weight is 223 g/mol. The van der Waals surface area contributed by atoms with E-state index in [4.69, 9.17) is 0 Å². The predicted molar refractivity (Wildman–Crippen MR) is 62.0 cm³/mol. The number of rotatable bonds is 3. The predicted octanol–water partition coefficient (Wildman–Crippen LogP) is 2.62. The van der Waals surface area contributed by atoms with E-state index in [9.17, 15) is 5.11 Å². The zero-order valence-electron chi connectivity index (χ0n) is 9.97. The molecule has 4 nitrogen and oxygen atoms in total. The van der Waals surface area contributed by atoms with Crippen LogP contribution < -0.4 is 0 Å². The largest absolute Gasteiger partial charge is 0.387 e. The van der Waals surface area contributed by atoms with Crippen molar-refractivity contribution in [3.8, 4) is 0 Å². The number of aliphatic hydroxyl groups excluding tert-OH is 1. The molecule has 1 unspecified atom stereocenters. The highest BCUT2D eigenvalue weighted by atomic mass is 16.3. The Labute approximate surface area is 96.7 Å². The summed E-state index contributed by atoms with van der Waals surface area (Å²) >= 11 is 0. The first-order valence-electron chi connectivity index (χ1n) is 6.41. The van der Waals surface area contributed by atoms with E-state index < -0.39 is 6.10 Å². The Balaban J connectivity index is 2.05. The zero-order valence-corrected chi connectivity index (χ0v) is 9.97. The Morgan fingerprint density at radius 3 is 2.69 bits per heavy atom. The molecule has 1 aromatic rings. The lowest BCUT2D eigenvalue weighted by Crippen LogP contribution is -2.08. The molecule has 1 aliphatic rings. The van der Waals surface area contributed by atoms with E-state index in [0.717, 1.165) is 0 Å². The van der Waals surface area contributed by atoms with E-state index >= 15 is 0 Å². The van der Waals surface area contributed by atoms with Crippen LogP contribution in [0.2, 0.25) is 0 Å². The molecule has 1 heterocycles. The summed E-state index contributed by atoms with van der Waals surface area (Å²) in [6.45, 7) is 1.95. The fourth-order valence-corrected chi connectivity index (χ4v) is 2.35. The minimum atomic E-state index is -0.459. The molecule has 4 heteroatoms. The summed E-state index contributed by atoms with van der Waals surface area (Å²) in [7, 11) is 0. The van der Waals surface area contributed by atoms with Crippen molar-refractivity contribution in [2.24, 2.45) is 0 Å². The van der Waals surface area contributed by atoms with Gasteiger partial charge < -0.3 is 5.11 Å². The van der Waals surface area contributed by atoms with Crippen molar-refractivity contribution < 1.29 is 5.11 Å². The second kappa shape index (κ2) is 5.43. The second-order valence-electron chi connectivity index (χ2n) is 4.69. The van der Waals surface area contributed by atoms with Gasteiger partial charge in [0.15, 0.2) is 0 Å². The molecule has 0 aliphatic heterocycles. The van der Waals surface area contributed by atoms with Crippen molar-refractivity contribution >= 4 is 0 Å². The van der Waals surface area contributed by atoms with Gasteiger partial charge in [0, 0.05) is 0 Å². The van der Waals surface area contributed by atoms with Crippen LogP contribution in [0.1, 0.15) is 69.7 Å². The van der Waals surface area contributed by atoms with Crippen LogP contribution in [0.5, 0.6) is 0 Å². The Hall–Kier alpha value is -0.900. The van der Waals surface area contributed by atoms with Crippen LogP contribution in [0.4, 0.5) is 0 Å². The summed E-state index contributed by atoms with van der Waals surface area (Å²) in [5.41, 5.74) is 0.715. The van der Waals surface area contributed by atoms with E-state index in [-0.39, 0.29) is 0 Å². The van der Waals surface area contributed by atoms with Crippen molar-refractivity contribution in [3.05, 3.63) is 11.9 Å². The number of aromatic nitrogens is 3. The third-order valence-corrected chi connectivity index (χ3v) is 3.45. The molecule has 16 heavy (non-hydrogen) atoms. The molecule has 0 amide bonds. The maximum absolute atomic E-state index is 9.68. The zero-order chi connectivity index (χ0) is 11.4. The van der Waals surface area contributed by atoms with Gasteiger partial charge in [-0.3, -0.25) is 0 Å². The molecule has 0 saturated heterocycles. The van der Waals surface area contributed by atoms with Crippen LogP contribution >= 0.6 is 0 Å². The molecule has 1 N–H and O–H groups in total. The molecule has 0 spiro atoms. The van der Waals surface area contributed by atoms with Crippen molar-refractivity contribution in [2.45, 2.75) is 64.0 Å². The fourth-order valence-electron chi connectivity index (χ4n) is 2.35. The molecule has 1 fully saturated rings. The summed E-state index contributed by atoms with van der Waals surface area (Å²) in [5.74, 6) is 0. The van der Waals surface area contributed by atoms with Crippen molar-refractivity contribution in [2.75, 3.05) is 0 Å². The van der Waals surface area contributed by atoms with Crippen molar-refractivity contribution in [3.63, 3.8) is 0 Å². The Morgan fingerprint density at radius 1 is 1.38 bits per heavy atom. The molecule has 1 aromatic heterocycles. The van der Waals surface area contributed by atoms with Gasteiger partial charge in [-0.05, 0) is 19.3 Å². The molecule has 1 aliphatic carbocycles. The Kier molecular flexibility index (Phi) is 3.93. The summed E-state index contributed by atoms with van der Waals surface area (Å²) in [6, 6.07) is 0.493. The number of hydrogen-bond donors (Lipinski definition) is 1. The second-order valence-corrected chi connectivity index (χ2v) is 4.69. The van der Waals surface area contributed by atoms with Gasteiger partial charge in [0.1, 0.15) is 5.69 Å². The van der Waals surface area contributed by atoms with E-state index in [0.29, 0.717) is 18.2 Å². The van der Waals surface area contributed by atoms with Crippen molar-refractivity contribution in [1.82, 2.24) is 15.0 Å². The van der Waals surface area contributed by atoms with Crippen molar-refractivity contribution in [1.29, 1.82) is 0 Å². The topological polar surface area (TPSA) is 50.9 Å². The fraction of sp³-hybridized carbons (Fsp3) is 0.833. The van der Waals surface area contributed by atoms with Crippen LogP contribution in [0.25, 0.3) is 0 Å². The first-order valence-corrected chi connectivity index (χ1v) is 6.41. The lowest BCUT2D eigenvalue weighted by Gasteiger charge is -2.13. The maximum atomic E-state index is 9.68. The Bertz CT molecular complexity index is 316. The Morgan fingerprint density at radius 2 is 2.06 bits per heavy atom. The van der Waals surface area contributed by atoms with E-state index in [1.807, 2.05) is 17.8 Å². The lowest BCUT2D eigenvalue weighted by molar-refractivity contribution is 0.168. The molecule has 0 radical (unpaired) electrons. The highest BCUT2D eigenvalue weighted by Crippen LogP contribution is 2.27. The number of hydrogen-bond acceptors (Lipinski definition) is 3. The average Bonchev–Trinajstić information content (AvgIpc) is 2.64. The van der Waals surface area contributed by atoms with Crippen LogP contribution in [0.3, 0.4) is 0 Å². The molecular formula is C12H21N3O. The molecular weight excluding hydrogens is 202 g/mol. The van der Waals surface area contributed by atoms with Gasteiger partial charge in [-0.2, -0.15) is 0 Å². The number of nitrogens with zero attached hydrogens (tertiary/aromatic N) is 3. The number of aliphatic hydroxyl groups is 1. The third kappa shape index (κ3) is 2.61. The molecule has 90 valence electrons. The molecule has 1 atom stereocenters. The molecule has 2 rings (SSSR count). The van der Waals surface area contributed by atoms with Gasteiger partial charge in [0.25, 0.3) is 0 Å². The monoisotopic (exact) mass is 223 g/mol. The first kappa shape index (κ1) is 11.6. The minimum absolute atomic E-state index is 0.459. The van der Waals surface area contributed by atoms with Crippen LogP contribution in [-0.4, -0.2) is 20.1 Å². The first-order chi connectivity index (χ1) is 7.81. The van der Waals surface area contributed by atoms with E-state index in [1.165, 1.54) is 38.5 Å². The standard InChI is InChI=1S/C12H21N3O/c1-2-12(16)11-9-15(14-13-11)10-7-5-3-4-6-8-10/h9-10,12,16H,2-8H2,1H3. The van der Waals surface area contributed by atoms with Gasteiger partial charge in [-0.1, -0.05) is 37.8 Å². The third-order valence-electron chi connectivity index (χ3n) is 3.45. The highest BCUT2D eigenvalue weighted by molar-refractivity contribution is 4.97. The van der Waals surface area contributed by atoms with E-state index in [2.05, 4.69) is 10.3 Å². The lowest BCUT2D eigenvalue weighted by atomic mass is 10.1. The highest BCUT2D eigenvalue weighted by Gasteiger charge is 2.17.